The van der Waals surface area contributed by atoms with Crippen molar-refractivity contribution < 1.29 is 0 Å². The van der Waals surface area contributed by atoms with Gasteiger partial charge in [0.25, 0.3) is 0 Å². The molecule has 0 aliphatic rings. The molecule has 25 heavy (non-hydrogen) atoms. The van der Waals surface area contributed by atoms with Gasteiger partial charge in [-0.25, -0.2) is 5.10 Å². The normalized spacial score (nSPS) is 11.3. The third-order valence-corrected chi connectivity index (χ3v) is 4.19. The highest BCUT2D eigenvalue weighted by Gasteiger charge is 2.11. The highest BCUT2D eigenvalue weighted by atomic mass is 32.1. The molecule has 130 valence electrons. The summed E-state index contributed by atoms with van der Waals surface area (Å²) in [5.41, 5.74) is 3.84. The number of hydrogen-bond acceptors (Lipinski definition) is 5. The van der Waals surface area contributed by atoms with Gasteiger partial charge < -0.3 is 4.90 Å². The van der Waals surface area contributed by atoms with E-state index in [0.29, 0.717) is 16.3 Å². The molecular weight excluding hydrogens is 334 g/mol. The molecule has 0 aliphatic carbocycles. The maximum Gasteiger partial charge on any atom is 0.216 e. The van der Waals surface area contributed by atoms with Gasteiger partial charge in [0, 0.05) is 24.5 Å². The molecule has 0 saturated carbocycles. The Morgan fingerprint density at radius 2 is 1.88 bits per heavy atom. The van der Waals surface area contributed by atoms with Crippen molar-refractivity contribution in [1.29, 1.82) is 0 Å². The van der Waals surface area contributed by atoms with Crippen molar-refractivity contribution in [2.45, 2.75) is 20.8 Å². The second kappa shape index (κ2) is 7.43. The maximum absolute atomic E-state index is 5.27. The number of aromatic amines is 2. The number of H-pyrrole nitrogens is 2. The van der Waals surface area contributed by atoms with Crippen molar-refractivity contribution >= 4 is 24.1 Å². The quantitative estimate of drug-likeness (QED) is 0.525. The van der Waals surface area contributed by atoms with Crippen LogP contribution < -0.4 is 4.90 Å². The molecular formula is C17H21N7S. The molecule has 3 aromatic rings. The van der Waals surface area contributed by atoms with Crippen LogP contribution in [0.5, 0.6) is 0 Å². The van der Waals surface area contributed by atoms with Gasteiger partial charge >= 0.3 is 0 Å². The van der Waals surface area contributed by atoms with Crippen LogP contribution in [-0.4, -0.2) is 44.4 Å². The molecule has 3 rings (SSSR count). The monoisotopic (exact) mass is 355 g/mol. The van der Waals surface area contributed by atoms with Gasteiger partial charge in [-0.2, -0.15) is 20.0 Å². The van der Waals surface area contributed by atoms with Crippen LogP contribution in [-0.2, 0) is 0 Å². The Hall–Kier alpha value is -2.74. The first-order chi connectivity index (χ1) is 12.1. The molecule has 2 N–H and O–H groups in total. The van der Waals surface area contributed by atoms with Gasteiger partial charge in [-0.1, -0.05) is 12.1 Å². The largest absolute Gasteiger partial charge is 0.372 e. The smallest absolute Gasteiger partial charge is 0.216 e. The molecule has 0 spiro atoms. The van der Waals surface area contributed by atoms with Crippen LogP contribution >= 0.6 is 12.2 Å². The molecule has 2 heterocycles. The number of nitrogens with one attached hydrogen (secondary N) is 2. The van der Waals surface area contributed by atoms with E-state index in [-0.39, 0.29) is 0 Å². The summed E-state index contributed by atoms with van der Waals surface area (Å²) in [7, 11) is 0. The summed E-state index contributed by atoms with van der Waals surface area (Å²) in [5, 5.41) is 18.5. The Kier molecular flexibility index (Phi) is 5.08. The Balaban J connectivity index is 1.85. The van der Waals surface area contributed by atoms with Gasteiger partial charge in [-0.15, -0.1) is 0 Å². The van der Waals surface area contributed by atoms with Gasteiger partial charge in [-0.3, -0.25) is 5.10 Å². The molecule has 0 unspecified atom stereocenters. The summed E-state index contributed by atoms with van der Waals surface area (Å²) in [4.78, 5) is 2.30. The topological polar surface area (TPSA) is 77.9 Å². The summed E-state index contributed by atoms with van der Waals surface area (Å²) in [6.07, 6.45) is 1.76. The van der Waals surface area contributed by atoms with E-state index in [1.54, 1.807) is 10.9 Å². The van der Waals surface area contributed by atoms with Crippen molar-refractivity contribution in [3.05, 3.63) is 46.4 Å². The average molecular weight is 355 g/mol. The first kappa shape index (κ1) is 17.1. The van der Waals surface area contributed by atoms with E-state index in [9.17, 15) is 0 Å². The molecule has 0 aliphatic heterocycles. The lowest BCUT2D eigenvalue weighted by Crippen LogP contribution is -2.21. The number of nitrogens with zero attached hydrogens (tertiary/aromatic N) is 5. The van der Waals surface area contributed by atoms with Crippen LogP contribution in [0.25, 0.3) is 11.5 Å². The summed E-state index contributed by atoms with van der Waals surface area (Å²) in [6, 6.07) is 10.2. The second-order valence-electron chi connectivity index (χ2n) is 5.61. The molecule has 2 aromatic heterocycles. The first-order valence-electron chi connectivity index (χ1n) is 8.21. The fraction of sp³-hybridized carbons (Fsp3) is 0.294. The van der Waals surface area contributed by atoms with Crippen LogP contribution in [0, 0.1) is 11.7 Å². The second-order valence-corrected chi connectivity index (χ2v) is 6.00. The highest BCUT2D eigenvalue weighted by molar-refractivity contribution is 7.71. The van der Waals surface area contributed by atoms with Gasteiger partial charge in [0.15, 0.2) is 0 Å². The SMILES string of the molecule is CCN(CC)c1ccc(C=Nn2c(-c3cc(C)[nH]n3)n[nH]c2=S)cc1. The molecule has 7 nitrogen and oxygen atoms in total. The number of aromatic nitrogens is 5. The third-order valence-electron chi connectivity index (χ3n) is 3.93. The number of anilines is 1. The summed E-state index contributed by atoms with van der Waals surface area (Å²) >= 11 is 5.27. The zero-order valence-electron chi connectivity index (χ0n) is 14.5. The van der Waals surface area contributed by atoms with Gasteiger partial charge in [0.05, 0.1) is 6.21 Å². The van der Waals surface area contributed by atoms with E-state index in [1.165, 1.54) is 5.69 Å². The molecule has 0 radical (unpaired) electrons. The molecule has 0 atom stereocenters. The lowest BCUT2D eigenvalue weighted by molar-refractivity contribution is 0.863. The average Bonchev–Trinajstić information content (AvgIpc) is 3.21. The fourth-order valence-corrected chi connectivity index (χ4v) is 2.76. The lowest BCUT2D eigenvalue weighted by Gasteiger charge is -2.20. The molecule has 1 aromatic carbocycles. The van der Waals surface area contributed by atoms with Crippen molar-refractivity contribution in [2.24, 2.45) is 5.10 Å². The fourth-order valence-electron chi connectivity index (χ4n) is 2.58. The van der Waals surface area contributed by atoms with Crippen LogP contribution in [0.1, 0.15) is 25.1 Å². The van der Waals surface area contributed by atoms with Crippen LogP contribution in [0.3, 0.4) is 0 Å². The number of hydrogen-bond donors (Lipinski definition) is 2. The maximum atomic E-state index is 5.27. The molecule has 0 fully saturated rings. The van der Waals surface area contributed by atoms with Crippen LogP contribution in [0.4, 0.5) is 5.69 Å². The first-order valence-corrected chi connectivity index (χ1v) is 8.62. The van der Waals surface area contributed by atoms with Gasteiger partial charge in [0.1, 0.15) is 5.69 Å². The predicted octanol–water partition coefficient (Wildman–Crippen LogP) is 3.37. The van der Waals surface area contributed by atoms with Crippen LogP contribution in [0.15, 0.2) is 35.4 Å². The minimum atomic E-state index is 0.423. The number of aryl methyl sites for hydroxylation is 1. The standard InChI is InChI=1S/C17H21N7S/c1-4-23(5-2)14-8-6-13(7-9-14)11-18-24-16(21-22-17(24)25)15-10-12(3)19-20-15/h6-11H,4-5H2,1-3H3,(H,19,20)(H,22,25). The molecule has 8 heteroatoms. The minimum Gasteiger partial charge on any atom is -0.372 e. The van der Waals surface area contributed by atoms with Crippen molar-refractivity contribution in [2.75, 3.05) is 18.0 Å². The Bertz CT molecular complexity index is 913. The van der Waals surface area contributed by atoms with E-state index in [2.05, 4.69) is 56.4 Å². The third kappa shape index (κ3) is 3.69. The zero-order chi connectivity index (χ0) is 17.8. The van der Waals surface area contributed by atoms with E-state index in [4.69, 9.17) is 12.2 Å². The molecule has 0 saturated heterocycles. The summed E-state index contributed by atoms with van der Waals surface area (Å²) < 4.78 is 2.00. The predicted molar refractivity (Wildman–Crippen MR) is 103 cm³/mol. The number of rotatable bonds is 6. The molecule has 0 amide bonds. The van der Waals surface area contributed by atoms with Gasteiger partial charge in [-0.05, 0) is 56.8 Å². The van der Waals surface area contributed by atoms with E-state index in [0.717, 1.165) is 24.3 Å². The Labute approximate surface area is 151 Å². The highest BCUT2D eigenvalue weighted by Crippen LogP contribution is 2.16. The van der Waals surface area contributed by atoms with E-state index >= 15 is 0 Å². The van der Waals surface area contributed by atoms with E-state index < -0.39 is 0 Å². The number of benzene rings is 1. The molecule has 0 bridgehead atoms. The summed E-state index contributed by atoms with van der Waals surface area (Å²) in [5.74, 6) is 0.574. The van der Waals surface area contributed by atoms with Crippen LogP contribution in [0.2, 0.25) is 0 Å². The van der Waals surface area contributed by atoms with Crippen molar-refractivity contribution in [3.8, 4) is 11.5 Å². The Morgan fingerprint density at radius 3 is 2.48 bits per heavy atom. The Morgan fingerprint density at radius 1 is 1.16 bits per heavy atom. The van der Waals surface area contributed by atoms with E-state index in [1.807, 2.05) is 25.1 Å². The summed E-state index contributed by atoms with van der Waals surface area (Å²) in [6.45, 7) is 8.21. The lowest BCUT2D eigenvalue weighted by atomic mass is 10.2. The van der Waals surface area contributed by atoms with Crippen molar-refractivity contribution in [1.82, 2.24) is 25.1 Å². The minimum absolute atomic E-state index is 0.423. The zero-order valence-corrected chi connectivity index (χ0v) is 15.3. The van der Waals surface area contributed by atoms with Crippen molar-refractivity contribution in [3.63, 3.8) is 0 Å². The van der Waals surface area contributed by atoms with Gasteiger partial charge in [0.2, 0.25) is 10.6 Å².